The molecule has 3 N–H and O–H groups in total. The molecule has 0 heterocycles. The fourth-order valence-corrected chi connectivity index (χ4v) is 2.29. The molecular weight excluding hydrogens is 310 g/mol. The van der Waals surface area contributed by atoms with Crippen LogP contribution in [0.4, 0.5) is 0 Å². The van der Waals surface area contributed by atoms with E-state index in [1.807, 2.05) is 6.07 Å². The SMILES string of the molecule is CCOC(=O)C[C@H](O)[C@@H](N)C(C(=O)OC(C)(C)C)c1ccccc1. The van der Waals surface area contributed by atoms with Gasteiger partial charge in [-0.05, 0) is 33.3 Å². The third-order valence-electron chi connectivity index (χ3n) is 3.33. The van der Waals surface area contributed by atoms with Gasteiger partial charge >= 0.3 is 11.9 Å². The lowest BCUT2D eigenvalue weighted by Gasteiger charge is -2.29. The summed E-state index contributed by atoms with van der Waals surface area (Å²) in [5.41, 5.74) is 6.04. The number of ether oxygens (including phenoxy) is 2. The van der Waals surface area contributed by atoms with Gasteiger partial charge in [0.25, 0.3) is 0 Å². The van der Waals surface area contributed by atoms with E-state index in [9.17, 15) is 14.7 Å². The molecule has 0 fully saturated rings. The Morgan fingerprint density at radius 3 is 2.29 bits per heavy atom. The van der Waals surface area contributed by atoms with Crippen LogP contribution in [0.2, 0.25) is 0 Å². The zero-order valence-corrected chi connectivity index (χ0v) is 14.7. The average molecular weight is 337 g/mol. The number of benzene rings is 1. The van der Waals surface area contributed by atoms with Gasteiger partial charge in [-0.15, -0.1) is 0 Å². The highest BCUT2D eigenvalue weighted by Gasteiger charge is 2.36. The highest BCUT2D eigenvalue weighted by molar-refractivity contribution is 5.80. The van der Waals surface area contributed by atoms with Gasteiger partial charge in [0.2, 0.25) is 0 Å². The molecule has 1 rings (SSSR count). The number of carbonyl (C=O) groups excluding carboxylic acids is 2. The van der Waals surface area contributed by atoms with E-state index in [-0.39, 0.29) is 13.0 Å². The average Bonchev–Trinajstić information content (AvgIpc) is 2.46. The monoisotopic (exact) mass is 337 g/mol. The Bertz CT molecular complexity index is 538. The molecule has 1 unspecified atom stereocenters. The molecule has 0 saturated carbocycles. The van der Waals surface area contributed by atoms with E-state index in [4.69, 9.17) is 15.2 Å². The number of esters is 2. The van der Waals surface area contributed by atoms with Crippen molar-refractivity contribution in [3.05, 3.63) is 35.9 Å². The third kappa shape index (κ3) is 6.29. The first-order valence-corrected chi connectivity index (χ1v) is 8.02. The summed E-state index contributed by atoms with van der Waals surface area (Å²) < 4.78 is 10.3. The second-order valence-corrected chi connectivity index (χ2v) is 6.58. The van der Waals surface area contributed by atoms with Gasteiger partial charge in [-0.25, -0.2) is 0 Å². The summed E-state index contributed by atoms with van der Waals surface area (Å²) >= 11 is 0. The molecule has 0 aliphatic heterocycles. The molecule has 3 atom stereocenters. The molecule has 0 amide bonds. The zero-order chi connectivity index (χ0) is 18.3. The van der Waals surface area contributed by atoms with Gasteiger partial charge in [-0.3, -0.25) is 9.59 Å². The molecule has 6 heteroatoms. The summed E-state index contributed by atoms with van der Waals surface area (Å²) in [6.45, 7) is 7.17. The van der Waals surface area contributed by atoms with Crippen molar-refractivity contribution in [2.45, 2.75) is 57.8 Å². The van der Waals surface area contributed by atoms with Crippen LogP contribution in [0.25, 0.3) is 0 Å². The number of hydrogen-bond donors (Lipinski definition) is 2. The van der Waals surface area contributed by atoms with E-state index < -0.39 is 35.6 Å². The van der Waals surface area contributed by atoms with Gasteiger partial charge in [0.05, 0.1) is 25.0 Å². The second-order valence-electron chi connectivity index (χ2n) is 6.58. The van der Waals surface area contributed by atoms with E-state index in [2.05, 4.69) is 0 Å². The van der Waals surface area contributed by atoms with Crippen molar-refractivity contribution in [3.63, 3.8) is 0 Å². The van der Waals surface area contributed by atoms with Crippen LogP contribution in [0.15, 0.2) is 30.3 Å². The Labute approximate surface area is 142 Å². The molecule has 0 saturated heterocycles. The number of carbonyl (C=O) groups is 2. The Balaban J connectivity index is 3.00. The lowest BCUT2D eigenvalue weighted by atomic mass is 9.87. The van der Waals surface area contributed by atoms with Crippen LogP contribution in [0, 0.1) is 0 Å². The van der Waals surface area contributed by atoms with E-state index in [0.717, 1.165) is 0 Å². The first kappa shape index (κ1) is 20.1. The molecule has 1 aromatic rings. The zero-order valence-electron chi connectivity index (χ0n) is 14.7. The first-order valence-electron chi connectivity index (χ1n) is 8.02. The molecule has 0 aliphatic rings. The van der Waals surface area contributed by atoms with E-state index in [0.29, 0.717) is 5.56 Å². The lowest BCUT2D eigenvalue weighted by Crippen LogP contribution is -2.46. The van der Waals surface area contributed by atoms with Crippen LogP contribution in [-0.2, 0) is 19.1 Å². The van der Waals surface area contributed by atoms with Crippen molar-refractivity contribution in [3.8, 4) is 0 Å². The predicted molar refractivity (Wildman–Crippen MR) is 90.3 cm³/mol. The Morgan fingerprint density at radius 1 is 1.21 bits per heavy atom. The van der Waals surface area contributed by atoms with Crippen LogP contribution in [-0.4, -0.2) is 41.4 Å². The number of aliphatic hydroxyl groups excluding tert-OH is 1. The Morgan fingerprint density at radius 2 is 1.79 bits per heavy atom. The topological polar surface area (TPSA) is 98.9 Å². The third-order valence-corrected chi connectivity index (χ3v) is 3.33. The maximum Gasteiger partial charge on any atom is 0.315 e. The van der Waals surface area contributed by atoms with Crippen molar-refractivity contribution >= 4 is 11.9 Å². The van der Waals surface area contributed by atoms with Crippen molar-refractivity contribution in [1.29, 1.82) is 0 Å². The molecule has 0 aromatic heterocycles. The quantitative estimate of drug-likeness (QED) is 0.736. The highest BCUT2D eigenvalue weighted by Crippen LogP contribution is 2.25. The van der Waals surface area contributed by atoms with Crippen LogP contribution in [0.3, 0.4) is 0 Å². The van der Waals surface area contributed by atoms with E-state index >= 15 is 0 Å². The minimum atomic E-state index is -1.22. The standard InChI is InChI=1S/C18H27NO5/c1-5-23-14(21)11-13(20)16(19)15(12-9-7-6-8-10-12)17(22)24-18(2,3)4/h6-10,13,15-16,20H,5,11,19H2,1-4H3/t13-,15?,16+/m0/s1. The van der Waals surface area contributed by atoms with Gasteiger partial charge in [0, 0.05) is 6.04 Å². The molecule has 1 aromatic carbocycles. The minimum absolute atomic E-state index is 0.217. The molecular formula is C18H27NO5. The Kier molecular flexibility index (Phi) is 7.38. The normalized spacial score (nSPS) is 15.2. The smallest absolute Gasteiger partial charge is 0.315 e. The van der Waals surface area contributed by atoms with Crippen LogP contribution in [0.1, 0.15) is 45.6 Å². The number of aliphatic hydroxyl groups is 1. The summed E-state index contributed by atoms with van der Waals surface area (Å²) in [7, 11) is 0. The number of rotatable bonds is 7. The summed E-state index contributed by atoms with van der Waals surface area (Å²) in [5, 5.41) is 10.3. The molecule has 134 valence electrons. The first-order chi connectivity index (χ1) is 11.2. The fraction of sp³-hybridized carbons (Fsp3) is 0.556. The number of hydrogen-bond acceptors (Lipinski definition) is 6. The molecule has 0 radical (unpaired) electrons. The van der Waals surface area contributed by atoms with Crippen LogP contribution >= 0.6 is 0 Å². The second kappa shape index (κ2) is 8.80. The molecule has 0 spiro atoms. The summed E-state index contributed by atoms with van der Waals surface area (Å²) in [6, 6.07) is 7.85. The van der Waals surface area contributed by atoms with Gasteiger partial charge in [0.15, 0.2) is 0 Å². The molecule has 0 bridgehead atoms. The van der Waals surface area contributed by atoms with E-state index in [1.165, 1.54) is 0 Å². The highest BCUT2D eigenvalue weighted by atomic mass is 16.6. The maximum absolute atomic E-state index is 12.6. The van der Waals surface area contributed by atoms with Crippen molar-refractivity contribution in [2.75, 3.05) is 6.61 Å². The summed E-state index contributed by atoms with van der Waals surface area (Å²) in [5.74, 6) is -1.98. The number of nitrogens with two attached hydrogens (primary N) is 1. The summed E-state index contributed by atoms with van der Waals surface area (Å²) in [4.78, 5) is 24.1. The Hall–Kier alpha value is -1.92. The van der Waals surface area contributed by atoms with Gasteiger partial charge < -0.3 is 20.3 Å². The van der Waals surface area contributed by atoms with Crippen molar-refractivity contribution in [1.82, 2.24) is 0 Å². The lowest BCUT2D eigenvalue weighted by molar-refractivity contribution is -0.159. The molecule has 24 heavy (non-hydrogen) atoms. The van der Waals surface area contributed by atoms with Gasteiger partial charge in [-0.2, -0.15) is 0 Å². The molecule has 0 aliphatic carbocycles. The van der Waals surface area contributed by atoms with Crippen molar-refractivity contribution < 1.29 is 24.2 Å². The van der Waals surface area contributed by atoms with Crippen molar-refractivity contribution in [2.24, 2.45) is 5.73 Å². The largest absolute Gasteiger partial charge is 0.466 e. The maximum atomic E-state index is 12.6. The summed E-state index contributed by atoms with van der Waals surface area (Å²) in [6.07, 6.45) is -1.50. The van der Waals surface area contributed by atoms with Crippen LogP contribution < -0.4 is 5.73 Å². The fourth-order valence-electron chi connectivity index (χ4n) is 2.29. The van der Waals surface area contributed by atoms with Crippen LogP contribution in [0.5, 0.6) is 0 Å². The predicted octanol–water partition coefficient (Wildman–Crippen LogP) is 1.75. The molecule has 6 nitrogen and oxygen atoms in total. The minimum Gasteiger partial charge on any atom is -0.466 e. The van der Waals surface area contributed by atoms with Gasteiger partial charge in [-0.1, -0.05) is 30.3 Å². The van der Waals surface area contributed by atoms with Gasteiger partial charge in [0.1, 0.15) is 5.60 Å². The van der Waals surface area contributed by atoms with E-state index in [1.54, 1.807) is 52.0 Å².